The molecular formula is C19H19ClN6O2. The van der Waals surface area contributed by atoms with Gasteiger partial charge in [0.15, 0.2) is 0 Å². The van der Waals surface area contributed by atoms with Crippen LogP contribution in [0.2, 0.25) is 5.02 Å². The van der Waals surface area contributed by atoms with Gasteiger partial charge >= 0.3 is 5.69 Å². The first-order valence-electron chi connectivity index (χ1n) is 8.92. The van der Waals surface area contributed by atoms with Crippen LogP contribution in [-0.2, 0) is 7.05 Å². The molecule has 0 saturated carbocycles. The van der Waals surface area contributed by atoms with Crippen LogP contribution in [0.4, 0.5) is 11.6 Å². The summed E-state index contributed by atoms with van der Waals surface area (Å²) in [5.41, 5.74) is 0.808. The number of benzene rings is 1. The molecule has 2 N–H and O–H groups in total. The van der Waals surface area contributed by atoms with Gasteiger partial charge in [-0.25, -0.2) is 4.79 Å². The lowest BCUT2D eigenvalue weighted by molar-refractivity contribution is 0.760. The molecule has 1 aliphatic heterocycles. The summed E-state index contributed by atoms with van der Waals surface area (Å²) in [5, 5.41) is 12.5. The number of anilines is 2. The number of nitrogens with zero attached hydrogens (tertiary/aromatic N) is 4. The van der Waals surface area contributed by atoms with Crippen LogP contribution in [0.5, 0.6) is 0 Å². The molecule has 2 aromatic heterocycles. The first kappa shape index (κ1) is 18.2. The number of aromatic nitrogens is 4. The van der Waals surface area contributed by atoms with Crippen molar-refractivity contribution in [1.29, 1.82) is 0 Å². The van der Waals surface area contributed by atoms with Crippen LogP contribution >= 0.6 is 11.6 Å². The van der Waals surface area contributed by atoms with Crippen molar-refractivity contribution in [1.82, 2.24) is 19.7 Å². The minimum atomic E-state index is -0.417. The van der Waals surface area contributed by atoms with Crippen molar-refractivity contribution >= 4 is 23.2 Å². The van der Waals surface area contributed by atoms with E-state index in [2.05, 4.69) is 20.5 Å². The average Bonchev–Trinajstić information content (AvgIpc) is 3.15. The minimum Gasteiger partial charge on any atom is -0.364 e. The fraction of sp³-hybridized carbons (Fsp3) is 0.263. The van der Waals surface area contributed by atoms with E-state index in [1.807, 2.05) is 41.3 Å². The first-order valence-corrected chi connectivity index (χ1v) is 9.29. The number of rotatable bonds is 4. The molecule has 1 aromatic carbocycles. The second kappa shape index (κ2) is 7.47. The van der Waals surface area contributed by atoms with Crippen molar-refractivity contribution < 1.29 is 0 Å². The van der Waals surface area contributed by atoms with E-state index >= 15 is 0 Å². The van der Waals surface area contributed by atoms with E-state index in [-0.39, 0.29) is 11.6 Å². The summed E-state index contributed by atoms with van der Waals surface area (Å²) in [5.74, 6) is 1.21. The minimum absolute atomic E-state index is 0.132. The molecule has 0 spiro atoms. The van der Waals surface area contributed by atoms with E-state index in [4.69, 9.17) is 11.6 Å². The number of halogens is 1. The fourth-order valence-corrected chi connectivity index (χ4v) is 3.47. The number of nitrogens with one attached hydrogen (secondary N) is 2. The van der Waals surface area contributed by atoms with E-state index < -0.39 is 5.69 Å². The van der Waals surface area contributed by atoms with Gasteiger partial charge in [-0.15, -0.1) is 10.2 Å². The summed E-state index contributed by atoms with van der Waals surface area (Å²) >= 11 is 6.20. The number of aromatic amines is 1. The Balaban J connectivity index is 1.44. The maximum absolute atomic E-state index is 11.8. The third kappa shape index (κ3) is 3.63. The molecule has 0 radical (unpaired) electrons. The molecule has 0 aliphatic carbocycles. The van der Waals surface area contributed by atoms with Crippen LogP contribution in [0.15, 0.2) is 52.1 Å². The SMILES string of the molecule is Cn1c(=O)cc(N2CC[C@H](Nc3ccc(-c4ccccc4Cl)nn3)C2)[nH]c1=O. The summed E-state index contributed by atoms with van der Waals surface area (Å²) in [6.07, 6.45) is 0.852. The van der Waals surface area contributed by atoms with Gasteiger partial charge in [0.2, 0.25) is 0 Å². The van der Waals surface area contributed by atoms with Gasteiger partial charge in [0, 0.05) is 37.8 Å². The van der Waals surface area contributed by atoms with Crippen molar-refractivity contribution in [2.24, 2.45) is 7.05 Å². The van der Waals surface area contributed by atoms with Crippen molar-refractivity contribution in [3.63, 3.8) is 0 Å². The quantitative estimate of drug-likeness (QED) is 0.696. The molecule has 0 unspecified atom stereocenters. The smallest absolute Gasteiger partial charge is 0.329 e. The summed E-state index contributed by atoms with van der Waals surface area (Å²) in [7, 11) is 1.45. The lowest BCUT2D eigenvalue weighted by atomic mass is 10.1. The monoisotopic (exact) mass is 398 g/mol. The van der Waals surface area contributed by atoms with Gasteiger partial charge in [0.25, 0.3) is 5.56 Å². The average molecular weight is 399 g/mol. The largest absolute Gasteiger partial charge is 0.364 e. The van der Waals surface area contributed by atoms with Gasteiger partial charge in [-0.1, -0.05) is 29.8 Å². The molecule has 0 amide bonds. The maximum atomic E-state index is 11.8. The van der Waals surface area contributed by atoms with Crippen molar-refractivity contribution in [3.05, 3.63) is 68.3 Å². The normalized spacial score (nSPS) is 16.4. The Bertz CT molecular complexity index is 1080. The highest BCUT2D eigenvalue weighted by Gasteiger charge is 2.24. The Kier molecular flexibility index (Phi) is 4.87. The second-order valence-electron chi connectivity index (χ2n) is 6.72. The Labute approximate surface area is 165 Å². The van der Waals surface area contributed by atoms with E-state index in [9.17, 15) is 9.59 Å². The zero-order chi connectivity index (χ0) is 19.7. The Hall–Kier alpha value is -3.13. The second-order valence-corrected chi connectivity index (χ2v) is 7.12. The van der Waals surface area contributed by atoms with Crippen molar-refractivity contribution in [2.45, 2.75) is 12.5 Å². The highest BCUT2D eigenvalue weighted by molar-refractivity contribution is 6.33. The van der Waals surface area contributed by atoms with Gasteiger partial charge in [-0.05, 0) is 24.6 Å². The number of hydrogen-bond donors (Lipinski definition) is 2. The molecule has 3 aromatic rings. The van der Waals surface area contributed by atoms with E-state index in [0.29, 0.717) is 28.9 Å². The lowest BCUT2D eigenvalue weighted by Gasteiger charge is -2.18. The molecule has 1 atom stereocenters. The zero-order valence-electron chi connectivity index (χ0n) is 15.2. The zero-order valence-corrected chi connectivity index (χ0v) is 16.0. The molecule has 1 aliphatic rings. The topological polar surface area (TPSA) is 95.9 Å². The first-order chi connectivity index (χ1) is 13.5. The third-order valence-corrected chi connectivity index (χ3v) is 5.16. The van der Waals surface area contributed by atoms with Gasteiger partial charge in [-0.2, -0.15) is 0 Å². The van der Waals surface area contributed by atoms with E-state index in [1.54, 1.807) is 0 Å². The number of hydrogen-bond acceptors (Lipinski definition) is 6. The lowest BCUT2D eigenvalue weighted by Crippen LogP contribution is -2.35. The molecule has 3 heterocycles. The predicted octanol–water partition coefficient (Wildman–Crippen LogP) is 1.87. The summed E-state index contributed by atoms with van der Waals surface area (Å²) < 4.78 is 1.05. The Morgan fingerprint density at radius 3 is 2.71 bits per heavy atom. The molecule has 144 valence electrons. The molecule has 1 fully saturated rings. The maximum Gasteiger partial charge on any atom is 0.329 e. The van der Waals surface area contributed by atoms with Crippen molar-refractivity contribution in [3.8, 4) is 11.3 Å². The van der Waals surface area contributed by atoms with Crippen LogP contribution in [0, 0.1) is 0 Å². The van der Waals surface area contributed by atoms with Crippen molar-refractivity contribution in [2.75, 3.05) is 23.3 Å². The Morgan fingerprint density at radius 1 is 1.18 bits per heavy atom. The summed E-state index contributed by atoms with van der Waals surface area (Å²) in [6.45, 7) is 1.38. The highest BCUT2D eigenvalue weighted by atomic mass is 35.5. The van der Waals surface area contributed by atoms with Crippen LogP contribution in [0.3, 0.4) is 0 Å². The fourth-order valence-electron chi connectivity index (χ4n) is 3.24. The molecular weight excluding hydrogens is 380 g/mol. The molecule has 1 saturated heterocycles. The van der Waals surface area contributed by atoms with Gasteiger partial charge < -0.3 is 10.2 Å². The van der Waals surface area contributed by atoms with Crippen LogP contribution in [0.25, 0.3) is 11.3 Å². The standard InChI is InChI=1S/C19H19ClN6O2/c1-25-18(27)10-17(22-19(25)28)26-9-8-12(11-26)21-16-7-6-15(23-24-16)13-4-2-3-5-14(13)20/h2-7,10,12H,8-9,11H2,1H3,(H,21,24)(H,22,28)/t12-/m0/s1. The molecule has 4 rings (SSSR count). The van der Waals surface area contributed by atoms with Gasteiger partial charge in [-0.3, -0.25) is 14.3 Å². The molecule has 9 heteroatoms. The predicted molar refractivity (Wildman–Crippen MR) is 109 cm³/mol. The Morgan fingerprint density at radius 2 is 2.00 bits per heavy atom. The van der Waals surface area contributed by atoms with Gasteiger partial charge in [0.1, 0.15) is 11.6 Å². The van der Waals surface area contributed by atoms with Crippen LogP contribution < -0.4 is 21.5 Å². The number of H-pyrrole nitrogens is 1. The van der Waals surface area contributed by atoms with Crippen LogP contribution in [-0.4, -0.2) is 38.9 Å². The van der Waals surface area contributed by atoms with E-state index in [1.165, 1.54) is 13.1 Å². The third-order valence-electron chi connectivity index (χ3n) is 4.83. The summed E-state index contributed by atoms with van der Waals surface area (Å²) in [4.78, 5) is 28.4. The van der Waals surface area contributed by atoms with Gasteiger partial charge in [0.05, 0.1) is 10.7 Å². The molecule has 0 bridgehead atoms. The highest BCUT2D eigenvalue weighted by Crippen LogP contribution is 2.26. The van der Waals surface area contributed by atoms with E-state index in [0.717, 1.165) is 23.1 Å². The molecule has 28 heavy (non-hydrogen) atoms. The molecule has 8 nitrogen and oxygen atoms in total. The van der Waals surface area contributed by atoms with Crippen LogP contribution in [0.1, 0.15) is 6.42 Å². The summed E-state index contributed by atoms with van der Waals surface area (Å²) in [6, 6.07) is 12.8.